The lowest BCUT2D eigenvalue weighted by molar-refractivity contribution is 0.356. The summed E-state index contributed by atoms with van der Waals surface area (Å²) in [6, 6.07) is 5.17. The predicted octanol–water partition coefficient (Wildman–Crippen LogP) is 2.43. The molecule has 0 saturated heterocycles. The molecular weight excluding hydrogens is 262 g/mol. The molecular formula is C14H21NO3S. The first kappa shape index (κ1) is 14.3. The van der Waals surface area contributed by atoms with Crippen LogP contribution in [-0.4, -0.2) is 32.4 Å². The second kappa shape index (κ2) is 5.92. The lowest BCUT2D eigenvalue weighted by Crippen LogP contribution is -2.31. The third-order valence-corrected chi connectivity index (χ3v) is 5.38. The minimum atomic E-state index is -3.37. The Morgan fingerprint density at radius 2 is 2.11 bits per heavy atom. The molecule has 0 radical (unpaired) electrons. The summed E-state index contributed by atoms with van der Waals surface area (Å²) in [5.41, 5.74) is 0.993. The topological polar surface area (TPSA) is 46.6 Å². The van der Waals surface area contributed by atoms with E-state index in [1.807, 2.05) is 6.92 Å². The molecule has 0 spiro atoms. The summed E-state index contributed by atoms with van der Waals surface area (Å²) in [5, 5.41) is 0. The molecule has 0 aromatic heterocycles. The largest absolute Gasteiger partial charge is 0.493 e. The van der Waals surface area contributed by atoms with Gasteiger partial charge in [0.15, 0.2) is 0 Å². The molecule has 0 N–H and O–H groups in total. The molecule has 1 heterocycles. The van der Waals surface area contributed by atoms with Crippen molar-refractivity contribution < 1.29 is 13.2 Å². The summed E-state index contributed by atoms with van der Waals surface area (Å²) in [6.45, 7) is 5.68. The third kappa shape index (κ3) is 2.92. The molecule has 0 atom stereocenters. The summed E-state index contributed by atoms with van der Waals surface area (Å²) in [4.78, 5) is 0.384. The highest BCUT2D eigenvalue weighted by Gasteiger charge is 2.24. The second-order valence-corrected chi connectivity index (χ2v) is 6.66. The number of fused-ring (bicyclic) bond motifs is 1. The number of unbranched alkanes of at least 4 members (excludes halogenated alkanes) is 1. The molecule has 0 bridgehead atoms. The van der Waals surface area contributed by atoms with Crippen molar-refractivity contribution in [2.75, 3.05) is 19.7 Å². The van der Waals surface area contributed by atoms with Gasteiger partial charge in [-0.25, -0.2) is 8.42 Å². The summed E-state index contributed by atoms with van der Waals surface area (Å²) >= 11 is 0. The van der Waals surface area contributed by atoms with Crippen LogP contribution < -0.4 is 4.74 Å². The fraction of sp³-hybridized carbons (Fsp3) is 0.571. The highest BCUT2D eigenvalue weighted by Crippen LogP contribution is 2.28. The normalized spacial score (nSPS) is 14.5. The molecule has 2 rings (SSSR count). The van der Waals surface area contributed by atoms with Gasteiger partial charge in [-0.05, 0) is 30.2 Å². The smallest absolute Gasteiger partial charge is 0.243 e. The summed E-state index contributed by atoms with van der Waals surface area (Å²) in [5.74, 6) is 0.815. The zero-order valence-electron chi connectivity index (χ0n) is 11.6. The Hall–Kier alpha value is -1.07. The fourth-order valence-corrected chi connectivity index (χ4v) is 3.79. The van der Waals surface area contributed by atoms with E-state index in [1.165, 1.54) is 0 Å². The summed E-state index contributed by atoms with van der Waals surface area (Å²) in [6.07, 6.45) is 2.67. The van der Waals surface area contributed by atoms with E-state index in [2.05, 4.69) is 6.92 Å². The van der Waals surface area contributed by atoms with E-state index in [-0.39, 0.29) is 0 Å². The number of benzene rings is 1. The van der Waals surface area contributed by atoms with Gasteiger partial charge in [-0.15, -0.1) is 0 Å². The first-order valence-electron chi connectivity index (χ1n) is 6.85. The van der Waals surface area contributed by atoms with Gasteiger partial charge in [-0.1, -0.05) is 20.3 Å². The molecule has 1 aromatic rings. The zero-order valence-corrected chi connectivity index (χ0v) is 12.4. The van der Waals surface area contributed by atoms with Crippen LogP contribution in [0.1, 0.15) is 32.3 Å². The van der Waals surface area contributed by atoms with E-state index in [0.717, 1.165) is 30.6 Å². The first-order chi connectivity index (χ1) is 9.09. The number of rotatable bonds is 6. The molecule has 5 heteroatoms. The Kier molecular flexibility index (Phi) is 4.47. The molecule has 1 aliphatic rings. The summed E-state index contributed by atoms with van der Waals surface area (Å²) in [7, 11) is -3.37. The van der Waals surface area contributed by atoms with Crippen molar-refractivity contribution in [1.82, 2.24) is 4.31 Å². The van der Waals surface area contributed by atoms with Crippen LogP contribution in [0.3, 0.4) is 0 Å². The lowest BCUT2D eigenvalue weighted by Gasteiger charge is -2.20. The monoisotopic (exact) mass is 283 g/mol. The van der Waals surface area contributed by atoms with Crippen LogP contribution in [-0.2, 0) is 16.4 Å². The van der Waals surface area contributed by atoms with E-state index >= 15 is 0 Å². The molecule has 1 aromatic carbocycles. The van der Waals surface area contributed by atoms with Crippen LogP contribution in [0.25, 0.3) is 0 Å². The van der Waals surface area contributed by atoms with E-state index < -0.39 is 10.0 Å². The van der Waals surface area contributed by atoms with Gasteiger partial charge in [-0.3, -0.25) is 0 Å². The average Bonchev–Trinajstić information content (AvgIpc) is 2.86. The molecule has 4 nitrogen and oxygen atoms in total. The van der Waals surface area contributed by atoms with Gasteiger partial charge in [0, 0.05) is 19.5 Å². The maximum atomic E-state index is 12.6. The Bertz CT molecular complexity index is 540. The van der Waals surface area contributed by atoms with E-state index in [4.69, 9.17) is 4.74 Å². The third-order valence-electron chi connectivity index (χ3n) is 3.41. The molecule has 0 aliphatic carbocycles. The Labute approximate surface area is 115 Å². The quantitative estimate of drug-likeness (QED) is 0.805. The van der Waals surface area contributed by atoms with Crippen LogP contribution in [0.2, 0.25) is 0 Å². The van der Waals surface area contributed by atoms with Crippen LogP contribution in [0.4, 0.5) is 0 Å². The Balaban J connectivity index is 2.27. The van der Waals surface area contributed by atoms with E-state index in [0.29, 0.717) is 24.6 Å². The number of hydrogen-bond acceptors (Lipinski definition) is 3. The predicted molar refractivity (Wildman–Crippen MR) is 75.0 cm³/mol. The van der Waals surface area contributed by atoms with Crippen molar-refractivity contribution in [3.63, 3.8) is 0 Å². The van der Waals surface area contributed by atoms with Gasteiger partial charge in [0.2, 0.25) is 10.0 Å². The van der Waals surface area contributed by atoms with Crippen LogP contribution in [0.5, 0.6) is 5.75 Å². The maximum Gasteiger partial charge on any atom is 0.243 e. The van der Waals surface area contributed by atoms with E-state index in [1.54, 1.807) is 22.5 Å². The van der Waals surface area contributed by atoms with Crippen molar-refractivity contribution in [2.45, 2.75) is 38.0 Å². The number of ether oxygens (including phenoxy) is 1. The molecule has 0 fully saturated rings. The van der Waals surface area contributed by atoms with Crippen molar-refractivity contribution >= 4 is 10.0 Å². The van der Waals surface area contributed by atoms with Crippen molar-refractivity contribution in [3.8, 4) is 5.75 Å². The van der Waals surface area contributed by atoms with Gasteiger partial charge >= 0.3 is 0 Å². The standard InChI is InChI=1S/C14H21NO3S/c1-3-5-9-15(4-2)19(16,17)13-6-7-14-12(11-13)8-10-18-14/h6-7,11H,3-5,8-10H2,1-2H3. The minimum Gasteiger partial charge on any atom is -0.493 e. The van der Waals surface area contributed by atoms with Gasteiger partial charge in [-0.2, -0.15) is 4.31 Å². The average molecular weight is 283 g/mol. The fourth-order valence-electron chi connectivity index (χ4n) is 2.26. The highest BCUT2D eigenvalue weighted by molar-refractivity contribution is 7.89. The first-order valence-corrected chi connectivity index (χ1v) is 8.29. The van der Waals surface area contributed by atoms with Crippen molar-refractivity contribution in [1.29, 1.82) is 0 Å². The van der Waals surface area contributed by atoms with Crippen LogP contribution in [0.15, 0.2) is 23.1 Å². The van der Waals surface area contributed by atoms with Crippen LogP contribution in [0, 0.1) is 0 Å². The minimum absolute atomic E-state index is 0.384. The molecule has 1 aliphatic heterocycles. The SMILES string of the molecule is CCCCN(CC)S(=O)(=O)c1ccc2c(c1)CCO2. The lowest BCUT2D eigenvalue weighted by atomic mass is 10.2. The van der Waals surface area contributed by atoms with Crippen molar-refractivity contribution in [3.05, 3.63) is 23.8 Å². The van der Waals surface area contributed by atoms with Gasteiger partial charge < -0.3 is 4.74 Å². The number of sulfonamides is 1. The second-order valence-electron chi connectivity index (χ2n) is 4.72. The number of nitrogens with zero attached hydrogens (tertiary/aromatic N) is 1. The molecule has 0 saturated carbocycles. The number of hydrogen-bond donors (Lipinski definition) is 0. The maximum absolute atomic E-state index is 12.6. The van der Waals surface area contributed by atoms with Gasteiger partial charge in [0.25, 0.3) is 0 Å². The van der Waals surface area contributed by atoms with Gasteiger partial charge in [0.05, 0.1) is 11.5 Å². The molecule has 19 heavy (non-hydrogen) atoms. The Morgan fingerprint density at radius 1 is 1.32 bits per heavy atom. The van der Waals surface area contributed by atoms with E-state index in [9.17, 15) is 8.42 Å². The zero-order chi connectivity index (χ0) is 13.9. The van der Waals surface area contributed by atoms with Crippen molar-refractivity contribution in [2.24, 2.45) is 0 Å². The van der Waals surface area contributed by atoms with Gasteiger partial charge in [0.1, 0.15) is 5.75 Å². The molecule has 0 unspecified atom stereocenters. The molecule has 106 valence electrons. The molecule has 0 amide bonds. The highest BCUT2D eigenvalue weighted by atomic mass is 32.2. The Morgan fingerprint density at radius 3 is 2.79 bits per heavy atom. The summed E-state index contributed by atoms with van der Waals surface area (Å²) < 4.78 is 32.1. The van der Waals surface area contributed by atoms with Crippen LogP contribution >= 0.6 is 0 Å².